The molecule has 0 fully saturated rings. The first-order valence-corrected chi connectivity index (χ1v) is 11.6. The van der Waals surface area contributed by atoms with Crippen molar-refractivity contribution >= 4 is 34.5 Å². The van der Waals surface area contributed by atoms with Gasteiger partial charge >= 0.3 is 0 Å². The fourth-order valence-electron chi connectivity index (χ4n) is 3.94. The molecule has 0 bridgehead atoms. The Balaban J connectivity index is 1.78. The number of nitrogens with one attached hydrogen (secondary N) is 1. The van der Waals surface area contributed by atoms with Crippen molar-refractivity contribution in [3.05, 3.63) is 75.8 Å². The van der Waals surface area contributed by atoms with E-state index in [1.165, 1.54) is 11.1 Å². The van der Waals surface area contributed by atoms with Crippen LogP contribution in [0.15, 0.2) is 52.7 Å². The Labute approximate surface area is 204 Å². The van der Waals surface area contributed by atoms with E-state index in [1.807, 2.05) is 24.3 Å². The Morgan fingerprint density at radius 1 is 1.12 bits per heavy atom. The van der Waals surface area contributed by atoms with Crippen molar-refractivity contribution in [3.63, 3.8) is 0 Å². The standard InChI is InChI=1S/C25H27ClN4O2S/c1-15-6-7-19(14-16(15)2)22-21(17(3)30(25(33)27-22)12-5-13-31-4)24-28-23(29-32-24)18-8-10-20(26)11-9-18/h6-11,14,22H,5,12-13H2,1-4H3,(H,27,33). The number of aryl methyl sites for hydroxylation is 2. The summed E-state index contributed by atoms with van der Waals surface area (Å²) in [5.74, 6) is 0.979. The lowest BCUT2D eigenvalue weighted by molar-refractivity contribution is 0.188. The number of benzene rings is 2. The van der Waals surface area contributed by atoms with Crippen molar-refractivity contribution in [2.24, 2.45) is 0 Å². The van der Waals surface area contributed by atoms with E-state index in [0.29, 0.717) is 28.5 Å². The Morgan fingerprint density at radius 2 is 1.88 bits per heavy atom. The predicted molar refractivity (Wildman–Crippen MR) is 135 cm³/mol. The van der Waals surface area contributed by atoms with Crippen LogP contribution in [-0.4, -0.2) is 40.4 Å². The lowest BCUT2D eigenvalue weighted by Gasteiger charge is -2.37. The fraction of sp³-hybridized carbons (Fsp3) is 0.320. The smallest absolute Gasteiger partial charge is 0.258 e. The van der Waals surface area contributed by atoms with Gasteiger partial charge in [0.1, 0.15) is 0 Å². The van der Waals surface area contributed by atoms with E-state index in [0.717, 1.165) is 35.4 Å². The molecule has 1 atom stereocenters. The first kappa shape index (κ1) is 23.4. The van der Waals surface area contributed by atoms with Crippen molar-refractivity contribution in [1.82, 2.24) is 20.4 Å². The van der Waals surface area contributed by atoms with Crippen LogP contribution in [0, 0.1) is 13.8 Å². The number of methoxy groups -OCH3 is 1. The van der Waals surface area contributed by atoms with Gasteiger partial charge < -0.3 is 19.5 Å². The topological polar surface area (TPSA) is 63.4 Å². The molecule has 4 rings (SSSR count). The Morgan fingerprint density at radius 3 is 2.58 bits per heavy atom. The van der Waals surface area contributed by atoms with Crippen molar-refractivity contribution < 1.29 is 9.26 Å². The number of aromatic nitrogens is 2. The summed E-state index contributed by atoms with van der Waals surface area (Å²) in [6, 6.07) is 13.6. The molecule has 33 heavy (non-hydrogen) atoms. The van der Waals surface area contributed by atoms with Gasteiger partial charge in [-0.15, -0.1) is 0 Å². The van der Waals surface area contributed by atoms with Crippen LogP contribution in [0.25, 0.3) is 17.0 Å². The maximum atomic E-state index is 6.03. The molecule has 172 valence electrons. The van der Waals surface area contributed by atoms with Gasteiger partial charge in [-0.2, -0.15) is 4.98 Å². The zero-order valence-corrected chi connectivity index (χ0v) is 20.8. The van der Waals surface area contributed by atoms with E-state index in [1.54, 1.807) is 7.11 Å². The number of hydrogen-bond acceptors (Lipinski definition) is 5. The normalized spacial score (nSPS) is 16.3. The average Bonchev–Trinajstić information content (AvgIpc) is 3.27. The summed E-state index contributed by atoms with van der Waals surface area (Å²) >= 11 is 11.8. The molecule has 3 aromatic rings. The van der Waals surface area contributed by atoms with Crippen LogP contribution < -0.4 is 5.32 Å². The third kappa shape index (κ3) is 4.95. The first-order valence-electron chi connectivity index (χ1n) is 10.8. The number of allylic oxidation sites excluding steroid dienone is 1. The van der Waals surface area contributed by atoms with Gasteiger partial charge in [0, 0.05) is 36.5 Å². The number of ether oxygens (including phenoxy) is 1. The third-order valence-corrected chi connectivity index (χ3v) is 6.54. The SMILES string of the molecule is COCCCN1C(=S)NC(c2ccc(C)c(C)c2)C(c2nc(-c3ccc(Cl)cc3)no2)=C1C. The molecular formula is C25H27ClN4O2S. The molecular weight excluding hydrogens is 456 g/mol. The van der Waals surface area contributed by atoms with Crippen LogP contribution in [0.1, 0.15) is 42.0 Å². The maximum absolute atomic E-state index is 6.03. The molecule has 0 saturated carbocycles. The van der Waals surface area contributed by atoms with Crippen LogP contribution in [0.5, 0.6) is 0 Å². The molecule has 0 amide bonds. The number of thiocarbonyl (C=S) groups is 1. The third-order valence-electron chi connectivity index (χ3n) is 5.95. The highest BCUT2D eigenvalue weighted by atomic mass is 35.5. The highest BCUT2D eigenvalue weighted by molar-refractivity contribution is 7.80. The quantitative estimate of drug-likeness (QED) is 0.342. The number of halogens is 1. The van der Waals surface area contributed by atoms with Crippen LogP contribution >= 0.6 is 23.8 Å². The van der Waals surface area contributed by atoms with Gasteiger partial charge in [-0.05, 0) is 80.4 Å². The van der Waals surface area contributed by atoms with E-state index in [9.17, 15) is 0 Å². The fourth-order valence-corrected chi connectivity index (χ4v) is 4.41. The summed E-state index contributed by atoms with van der Waals surface area (Å²) in [6.45, 7) is 7.65. The van der Waals surface area contributed by atoms with Gasteiger partial charge in [0.15, 0.2) is 5.11 Å². The molecule has 0 radical (unpaired) electrons. The lowest BCUT2D eigenvalue weighted by Crippen LogP contribution is -2.46. The number of hydrogen-bond donors (Lipinski definition) is 1. The highest BCUT2D eigenvalue weighted by Crippen LogP contribution is 2.38. The van der Waals surface area contributed by atoms with Crippen molar-refractivity contribution in [3.8, 4) is 11.4 Å². The molecule has 2 aromatic carbocycles. The van der Waals surface area contributed by atoms with Crippen molar-refractivity contribution in [1.29, 1.82) is 0 Å². The molecule has 1 unspecified atom stereocenters. The molecule has 1 aliphatic heterocycles. The minimum absolute atomic E-state index is 0.200. The van der Waals surface area contributed by atoms with Gasteiger partial charge in [0.05, 0.1) is 11.6 Å². The minimum Gasteiger partial charge on any atom is -0.385 e. The Hall–Kier alpha value is -2.74. The zero-order chi connectivity index (χ0) is 23.5. The van der Waals surface area contributed by atoms with E-state index >= 15 is 0 Å². The zero-order valence-electron chi connectivity index (χ0n) is 19.2. The summed E-state index contributed by atoms with van der Waals surface area (Å²) < 4.78 is 11.0. The molecule has 2 heterocycles. The summed E-state index contributed by atoms with van der Waals surface area (Å²) in [7, 11) is 1.70. The second-order valence-electron chi connectivity index (χ2n) is 8.15. The second-order valence-corrected chi connectivity index (χ2v) is 8.98. The van der Waals surface area contributed by atoms with E-state index in [4.69, 9.17) is 38.1 Å². The summed E-state index contributed by atoms with van der Waals surface area (Å²) in [5, 5.41) is 9.08. The van der Waals surface area contributed by atoms with Crippen LogP contribution in [0.3, 0.4) is 0 Å². The molecule has 1 N–H and O–H groups in total. The second kappa shape index (κ2) is 10.0. The highest BCUT2D eigenvalue weighted by Gasteiger charge is 2.34. The Kier molecular flexibility index (Phi) is 7.12. The van der Waals surface area contributed by atoms with Crippen molar-refractivity contribution in [2.45, 2.75) is 33.2 Å². The largest absolute Gasteiger partial charge is 0.385 e. The van der Waals surface area contributed by atoms with Crippen LogP contribution in [-0.2, 0) is 4.74 Å². The van der Waals surface area contributed by atoms with Gasteiger partial charge in [-0.1, -0.05) is 35.0 Å². The summed E-state index contributed by atoms with van der Waals surface area (Å²) in [6.07, 6.45) is 0.844. The van der Waals surface area contributed by atoms with E-state index in [2.05, 4.69) is 54.3 Å². The Bertz CT molecular complexity index is 1190. The molecule has 6 nitrogen and oxygen atoms in total. The van der Waals surface area contributed by atoms with Gasteiger partial charge in [0.25, 0.3) is 5.89 Å². The first-order chi connectivity index (χ1) is 15.9. The van der Waals surface area contributed by atoms with Gasteiger partial charge in [0.2, 0.25) is 5.82 Å². The summed E-state index contributed by atoms with van der Waals surface area (Å²) in [4.78, 5) is 6.82. The lowest BCUT2D eigenvalue weighted by atomic mass is 9.92. The van der Waals surface area contributed by atoms with Gasteiger partial charge in [-0.3, -0.25) is 0 Å². The van der Waals surface area contributed by atoms with E-state index < -0.39 is 0 Å². The summed E-state index contributed by atoms with van der Waals surface area (Å²) in [5.41, 5.74) is 6.29. The monoisotopic (exact) mass is 482 g/mol. The van der Waals surface area contributed by atoms with Gasteiger partial charge in [-0.25, -0.2) is 0 Å². The van der Waals surface area contributed by atoms with Crippen molar-refractivity contribution in [2.75, 3.05) is 20.3 Å². The average molecular weight is 483 g/mol. The van der Waals surface area contributed by atoms with E-state index in [-0.39, 0.29) is 6.04 Å². The molecule has 0 saturated heterocycles. The molecule has 8 heteroatoms. The predicted octanol–water partition coefficient (Wildman–Crippen LogP) is 5.71. The van der Waals surface area contributed by atoms with Crippen LogP contribution in [0.2, 0.25) is 5.02 Å². The molecule has 1 aromatic heterocycles. The molecule has 0 aliphatic carbocycles. The molecule has 0 spiro atoms. The minimum atomic E-state index is -0.200. The number of nitrogens with zero attached hydrogens (tertiary/aromatic N) is 3. The maximum Gasteiger partial charge on any atom is 0.258 e. The molecule has 1 aliphatic rings. The number of rotatable bonds is 7. The van der Waals surface area contributed by atoms with Crippen LogP contribution in [0.4, 0.5) is 0 Å².